The van der Waals surface area contributed by atoms with Crippen molar-refractivity contribution >= 4 is 27.0 Å². The number of urea groups is 1. The van der Waals surface area contributed by atoms with Gasteiger partial charge in [0.15, 0.2) is 0 Å². The summed E-state index contributed by atoms with van der Waals surface area (Å²) in [6, 6.07) is 14.3. The van der Waals surface area contributed by atoms with Crippen LogP contribution in [0.5, 0.6) is 5.75 Å². The summed E-state index contributed by atoms with van der Waals surface area (Å²) in [5, 5.41) is 9.34. The molecule has 8 heteroatoms. The highest BCUT2D eigenvalue weighted by Gasteiger charge is 2.43. The number of unbranched alkanes of at least 4 members (excludes halogenated alkanes) is 2. The lowest BCUT2D eigenvalue weighted by molar-refractivity contribution is -0.124. The van der Waals surface area contributed by atoms with E-state index in [4.69, 9.17) is 9.47 Å². The van der Waals surface area contributed by atoms with Crippen LogP contribution in [0.25, 0.3) is 0 Å². The van der Waals surface area contributed by atoms with Gasteiger partial charge in [0.2, 0.25) is 0 Å². The van der Waals surface area contributed by atoms with Gasteiger partial charge >= 0.3 is 6.03 Å². The summed E-state index contributed by atoms with van der Waals surface area (Å²) >= 11 is 0. The Morgan fingerprint density at radius 2 is 1.76 bits per heavy atom. The average Bonchev–Trinajstić information content (AvgIpc) is 3.05. The van der Waals surface area contributed by atoms with Crippen molar-refractivity contribution in [1.82, 2.24) is 4.67 Å². The van der Waals surface area contributed by atoms with Crippen LogP contribution in [-0.4, -0.2) is 41.5 Å². The van der Waals surface area contributed by atoms with E-state index in [-0.39, 0.29) is 25.0 Å². The molecule has 178 valence electrons. The van der Waals surface area contributed by atoms with E-state index in [9.17, 15) is 14.7 Å². The quantitative estimate of drug-likeness (QED) is 0.272. The molecule has 1 heterocycles. The van der Waals surface area contributed by atoms with Crippen LogP contribution < -0.4 is 9.64 Å². The molecule has 7 nitrogen and oxygen atoms in total. The van der Waals surface area contributed by atoms with Crippen molar-refractivity contribution in [2.45, 2.75) is 57.8 Å². The van der Waals surface area contributed by atoms with Gasteiger partial charge in [-0.2, -0.15) is 0 Å². The smallest absolute Gasteiger partial charge is 0.334 e. The fraction of sp³-hybridized carbons (Fsp3) is 0.440. The van der Waals surface area contributed by atoms with Crippen LogP contribution >= 0.6 is 9.39 Å². The van der Waals surface area contributed by atoms with Gasteiger partial charge in [-0.25, -0.2) is 9.46 Å². The standard InChI is InChI=1S/C25H33N2O5P/c1-3-4-5-6-23(32-17-18-7-13-21(31-2)14-8-18)19-9-11-20(12-10-19)26-22(15-16-28)24(29)27(33)25(26)30/h7-14,22-23,28H,3-6,15-17,33H2,1-2H3/t22-,23?/m0/s1. The predicted octanol–water partition coefficient (Wildman–Crippen LogP) is 4.84. The van der Waals surface area contributed by atoms with E-state index < -0.39 is 12.1 Å². The largest absolute Gasteiger partial charge is 0.497 e. The van der Waals surface area contributed by atoms with Gasteiger partial charge in [0.05, 0.1) is 19.8 Å². The molecule has 3 amide bonds. The third-order valence-corrected chi connectivity index (χ3v) is 6.35. The monoisotopic (exact) mass is 472 g/mol. The predicted molar refractivity (Wildman–Crippen MR) is 131 cm³/mol. The molecule has 0 saturated carbocycles. The second kappa shape index (κ2) is 12.1. The number of carbonyl (C=O) groups is 2. The maximum absolute atomic E-state index is 12.6. The van der Waals surface area contributed by atoms with Gasteiger partial charge in [0, 0.05) is 18.7 Å². The van der Waals surface area contributed by atoms with Crippen LogP contribution in [0.1, 0.15) is 56.3 Å². The molecule has 0 aromatic heterocycles. The van der Waals surface area contributed by atoms with Crippen LogP contribution in [0.2, 0.25) is 0 Å². The van der Waals surface area contributed by atoms with Crippen LogP contribution in [0.3, 0.4) is 0 Å². The lowest BCUT2D eigenvalue weighted by atomic mass is 10.0. The summed E-state index contributed by atoms with van der Waals surface area (Å²) < 4.78 is 12.5. The van der Waals surface area contributed by atoms with E-state index >= 15 is 0 Å². The van der Waals surface area contributed by atoms with Gasteiger partial charge in [-0.1, -0.05) is 50.5 Å². The summed E-state index contributed by atoms with van der Waals surface area (Å²) in [7, 11) is 3.81. The van der Waals surface area contributed by atoms with Gasteiger partial charge in [-0.3, -0.25) is 9.69 Å². The van der Waals surface area contributed by atoms with Crippen LogP contribution in [-0.2, 0) is 16.1 Å². The van der Waals surface area contributed by atoms with E-state index in [0.717, 1.165) is 47.2 Å². The van der Waals surface area contributed by atoms with Gasteiger partial charge in [-0.15, -0.1) is 0 Å². The van der Waals surface area contributed by atoms with E-state index in [1.54, 1.807) is 7.11 Å². The molecule has 1 aliphatic heterocycles. The van der Waals surface area contributed by atoms with E-state index in [2.05, 4.69) is 16.3 Å². The van der Waals surface area contributed by atoms with Crippen molar-refractivity contribution in [2.75, 3.05) is 18.6 Å². The van der Waals surface area contributed by atoms with Gasteiger partial charge in [0.1, 0.15) is 11.8 Å². The zero-order valence-electron chi connectivity index (χ0n) is 19.3. The number of hydrogen-bond acceptors (Lipinski definition) is 5. The van der Waals surface area contributed by atoms with Gasteiger partial charge in [0.25, 0.3) is 5.91 Å². The Bertz CT molecular complexity index is 919. The number of benzene rings is 2. The summed E-state index contributed by atoms with van der Waals surface area (Å²) in [5.74, 6) is 0.482. The first-order valence-electron chi connectivity index (χ1n) is 11.4. The number of amides is 3. The first kappa shape index (κ1) is 25.2. The van der Waals surface area contributed by atoms with Crippen molar-refractivity contribution in [1.29, 1.82) is 0 Å². The number of aliphatic hydroxyl groups excluding tert-OH is 1. The number of anilines is 1. The molecule has 33 heavy (non-hydrogen) atoms. The number of nitrogens with zero attached hydrogens (tertiary/aromatic N) is 2. The number of rotatable bonds is 12. The zero-order valence-corrected chi connectivity index (χ0v) is 20.4. The van der Waals surface area contributed by atoms with Crippen LogP contribution in [0.15, 0.2) is 48.5 Å². The molecule has 0 aliphatic carbocycles. The van der Waals surface area contributed by atoms with Crippen LogP contribution in [0.4, 0.5) is 10.5 Å². The third-order valence-electron chi connectivity index (χ3n) is 5.87. The van der Waals surface area contributed by atoms with Gasteiger partial charge in [-0.05, 0) is 51.2 Å². The highest BCUT2D eigenvalue weighted by atomic mass is 31.0. The molecule has 3 rings (SSSR count). The lowest BCUT2D eigenvalue weighted by Crippen LogP contribution is -2.35. The molecule has 1 N–H and O–H groups in total. The third kappa shape index (κ3) is 6.11. The maximum atomic E-state index is 12.6. The molecule has 1 fully saturated rings. The van der Waals surface area contributed by atoms with E-state index in [0.29, 0.717) is 12.3 Å². The van der Waals surface area contributed by atoms with Crippen LogP contribution in [0, 0.1) is 0 Å². The van der Waals surface area contributed by atoms with Crippen molar-refractivity contribution in [3.63, 3.8) is 0 Å². The molecule has 1 saturated heterocycles. The number of ether oxygens (including phenoxy) is 2. The second-order valence-corrected chi connectivity index (χ2v) is 8.64. The van der Waals surface area contributed by atoms with Gasteiger partial charge < -0.3 is 14.6 Å². The Labute approximate surface area is 197 Å². The van der Waals surface area contributed by atoms with E-state index in [1.165, 1.54) is 4.90 Å². The zero-order chi connectivity index (χ0) is 23.8. The summed E-state index contributed by atoms with van der Waals surface area (Å²) in [6.07, 6.45) is 4.35. The number of imide groups is 1. The Morgan fingerprint density at radius 3 is 2.36 bits per heavy atom. The SMILES string of the molecule is CCCCCC(OCc1ccc(OC)cc1)c1ccc(N2C(=O)N(P)C(=O)[C@@H]2CCO)cc1. The molecule has 0 bridgehead atoms. The fourth-order valence-corrected chi connectivity index (χ4v) is 4.27. The minimum atomic E-state index is -0.697. The molecular weight excluding hydrogens is 439 g/mol. The molecule has 2 aromatic carbocycles. The highest BCUT2D eigenvalue weighted by molar-refractivity contribution is 7.16. The normalized spacial score (nSPS) is 17.0. The maximum Gasteiger partial charge on any atom is 0.334 e. The lowest BCUT2D eigenvalue weighted by Gasteiger charge is -2.23. The summed E-state index contributed by atoms with van der Waals surface area (Å²) in [5.41, 5.74) is 2.73. The number of carbonyl (C=O) groups excluding carboxylic acids is 2. The summed E-state index contributed by atoms with van der Waals surface area (Å²) in [6.45, 7) is 2.49. The Kier molecular flexibility index (Phi) is 9.24. The van der Waals surface area contributed by atoms with Crippen molar-refractivity contribution in [3.8, 4) is 5.75 Å². The minimum Gasteiger partial charge on any atom is -0.497 e. The average molecular weight is 473 g/mol. The molecule has 0 spiro atoms. The molecule has 0 radical (unpaired) electrons. The number of aliphatic hydroxyl groups is 1. The minimum absolute atomic E-state index is 0.0740. The fourth-order valence-electron chi connectivity index (χ4n) is 3.97. The molecule has 3 atom stereocenters. The summed E-state index contributed by atoms with van der Waals surface area (Å²) in [4.78, 5) is 26.4. The topological polar surface area (TPSA) is 79.3 Å². The Hall–Kier alpha value is -2.47. The first-order valence-corrected chi connectivity index (χ1v) is 11.9. The molecule has 1 aliphatic rings. The Balaban J connectivity index is 1.75. The second-order valence-electron chi connectivity index (χ2n) is 8.12. The Morgan fingerprint density at radius 1 is 1.06 bits per heavy atom. The molecule has 2 aromatic rings. The van der Waals surface area contributed by atoms with Crippen molar-refractivity contribution in [3.05, 3.63) is 59.7 Å². The molecular formula is C25H33N2O5P. The number of hydrogen-bond donors (Lipinski definition) is 1. The van der Waals surface area contributed by atoms with Crippen molar-refractivity contribution < 1.29 is 24.2 Å². The highest BCUT2D eigenvalue weighted by Crippen LogP contribution is 2.32. The first-order chi connectivity index (χ1) is 16.0. The van der Waals surface area contributed by atoms with E-state index in [1.807, 2.05) is 48.5 Å². The van der Waals surface area contributed by atoms with Crippen molar-refractivity contribution in [2.24, 2.45) is 0 Å². The molecule has 2 unspecified atom stereocenters. The number of methoxy groups -OCH3 is 1.